The molecule has 3 aromatic rings. The van der Waals surface area contributed by atoms with Crippen LogP contribution in [0.5, 0.6) is 0 Å². The fourth-order valence-corrected chi connectivity index (χ4v) is 4.10. The summed E-state index contributed by atoms with van der Waals surface area (Å²) in [6.07, 6.45) is -1.75. The van der Waals surface area contributed by atoms with Gasteiger partial charge in [0.2, 0.25) is 0 Å². The van der Waals surface area contributed by atoms with Crippen molar-refractivity contribution in [1.82, 2.24) is 0 Å². The van der Waals surface area contributed by atoms with Crippen molar-refractivity contribution in [3.63, 3.8) is 0 Å². The van der Waals surface area contributed by atoms with Crippen LogP contribution < -0.4 is 0 Å². The van der Waals surface area contributed by atoms with E-state index in [0.717, 1.165) is 16.7 Å². The van der Waals surface area contributed by atoms with Crippen molar-refractivity contribution in [3.05, 3.63) is 108 Å². The summed E-state index contributed by atoms with van der Waals surface area (Å²) in [6, 6.07) is 30.1. The standard InChI is InChI=1S/C27H30O4/c1-20-24(28)26(30-18-22-13-7-3-8-14-22)27(31-19-23-15-9-4-10-16-23)25(20)29-17-21-11-5-2-6-12-21/h2-16,20,24-28H,17-19H2,1H3/t20-,24-,25-,26+,27+/m1/s1. The maximum Gasteiger partial charge on any atom is 0.113 e. The van der Waals surface area contributed by atoms with Crippen LogP contribution in [0.15, 0.2) is 91.0 Å². The summed E-state index contributed by atoms with van der Waals surface area (Å²) in [5.41, 5.74) is 3.25. The van der Waals surface area contributed by atoms with E-state index in [-0.39, 0.29) is 18.1 Å². The Morgan fingerprint density at radius 1 is 0.548 bits per heavy atom. The van der Waals surface area contributed by atoms with Gasteiger partial charge in [-0.1, -0.05) is 97.9 Å². The van der Waals surface area contributed by atoms with Gasteiger partial charge >= 0.3 is 0 Å². The molecule has 0 spiro atoms. The second kappa shape index (κ2) is 10.7. The molecule has 1 aliphatic carbocycles. The lowest BCUT2D eigenvalue weighted by Crippen LogP contribution is -2.38. The van der Waals surface area contributed by atoms with E-state index in [1.54, 1.807) is 0 Å². The van der Waals surface area contributed by atoms with Gasteiger partial charge in [0.25, 0.3) is 0 Å². The Hall–Kier alpha value is -2.50. The summed E-state index contributed by atoms with van der Waals surface area (Å²) in [5, 5.41) is 11.0. The van der Waals surface area contributed by atoms with Gasteiger partial charge < -0.3 is 19.3 Å². The predicted molar refractivity (Wildman–Crippen MR) is 120 cm³/mol. The van der Waals surface area contributed by atoms with Gasteiger partial charge in [-0.15, -0.1) is 0 Å². The second-order valence-electron chi connectivity index (χ2n) is 8.13. The van der Waals surface area contributed by atoms with Gasteiger partial charge in [0.1, 0.15) is 12.2 Å². The zero-order valence-corrected chi connectivity index (χ0v) is 17.8. The SMILES string of the molecule is C[C@@H]1[C@@H](O)[C@H](OCc2ccccc2)[C@@H](OCc2ccccc2)[C@@H]1OCc1ccccc1. The average Bonchev–Trinajstić information content (AvgIpc) is 3.05. The van der Waals surface area contributed by atoms with E-state index in [2.05, 4.69) is 0 Å². The van der Waals surface area contributed by atoms with Gasteiger partial charge in [-0.3, -0.25) is 0 Å². The van der Waals surface area contributed by atoms with Crippen molar-refractivity contribution in [3.8, 4) is 0 Å². The van der Waals surface area contributed by atoms with Crippen molar-refractivity contribution in [2.45, 2.75) is 51.2 Å². The van der Waals surface area contributed by atoms with Crippen LogP contribution in [0.3, 0.4) is 0 Å². The number of aliphatic hydroxyl groups excluding tert-OH is 1. The molecule has 4 nitrogen and oxygen atoms in total. The summed E-state index contributed by atoms with van der Waals surface area (Å²) < 4.78 is 18.8. The Labute approximate surface area is 184 Å². The number of ether oxygens (including phenoxy) is 3. The molecule has 1 fully saturated rings. The summed E-state index contributed by atoms with van der Waals surface area (Å²) in [6.45, 7) is 3.34. The van der Waals surface area contributed by atoms with E-state index < -0.39 is 12.2 Å². The molecule has 1 saturated carbocycles. The molecule has 0 radical (unpaired) electrons. The van der Waals surface area contributed by atoms with Crippen LogP contribution in [0.25, 0.3) is 0 Å². The van der Waals surface area contributed by atoms with Crippen LogP contribution >= 0.6 is 0 Å². The zero-order chi connectivity index (χ0) is 21.5. The molecule has 0 unspecified atom stereocenters. The van der Waals surface area contributed by atoms with Crippen LogP contribution in [0, 0.1) is 5.92 Å². The van der Waals surface area contributed by atoms with Gasteiger partial charge in [0, 0.05) is 5.92 Å². The van der Waals surface area contributed by atoms with Crippen LogP contribution in [0.4, 0.5) is 0 Å². The summed E-state index contributed by atoms with van der Waals surface area (Å²) in [5.74, 6) is -0.106. The Morgan fingerprint density at radius 2 is 0.903 bits per heavy atom. The number of hydrogen-bond acceptors (Lipinski definition) is 4. The molecule has 4 heteroatoms. The fraction of sp³-hybridized carbons (Fsp3) is 0.333. The van der Waals surface area contributed by atoms with Crippen LogP contribution in [-0.4, -0.2) is 29.5 Å². The number of benzene rings is 3. The third-order valence-electron chi connectivity index (χ3n) is 5.90. The minimum Gasteiger partial charge on any atom is -0.390 e. The minimum atomic E-state index is -0.662. The molecular formula is C27H30O4. The molecule has 0 aliphatic heterocycles. The van der Waals surface area contributed by atoms with Crippen LogP contribution in [0.2, 0.25) is 0 Å². The monoisotopic (exact) mass is 418 g/mol. The van der Waals surface area contributed by atoms with Crippen molar-refractivity contribution in [1.29, 1.82) is 0 Å². The molecule has 0 aromatic heterocycles. The van der Waals surface area contributed by atoms with E-state index in [1.807, 2.05) is 97.9 Å². The molecule has 1 N–H and O–H groups in total. The third-order valence-corrected chi connectivity index (χ3v) is 5.90. The van der Waals surface area contributed by atoms with E-state index in [0.29, 0.717) is 19.8 Å². The zero-order valence-electron chi connectivity index (χ0n) is 17.8. The molecular weight excluding hydrogens is 388 g/mol. The summed E-state index contributed by atoms with van der Waals surface area (Å²) in [4.78, 5) is 0. The minimum absolute atomic E-state index is 0.106. The highest BCUT2D eigenvalue weighted by atomic mass is 16.6. The third kappa shape index (κ3) is 5.60. The molecule has 0 heterocycles. The Balaban J connectivity index is 1.48. The normalized spacial score (nSPS) is 25.5. The fourth-order valence-electron chi connectivity index (χ4n) is 4.10. The topological polar surface area (TPSA) is 47.9 Å². The van der Waals surface area contributed by atoms with Crippen LogP contribution in [-0.2, 0) is 34.0 Å². The van der Waals surface area contributed by atoms with Crippen molar-refractivity contribution >= 4 is 0 Å². The molecule has 31 heavy (non-hydrogen) atoms. The van der Waals surface area contributed by atoms with E-state index in [9.17, 15) is 5.11 Å². The predicted octanol–water partition coefficient (Wildman–Crippen LogP) is 4.75. The number of hydrogen-bond donors (Lipinski definition) is 1. The summed E-state index contributed by atoms with van der Waals surface area (Å²) in [7, 11) is 0. The smallest absolute Gasteiger partial charge is 0.113 e. The molecule has 4 rings (SSSR count). The van der Waals surface area contributed by atoms with Gasteiger partial charge in [-0.2, -0.15) is 0 Å². The lowest BCUT2D eigenvalue weighted by Gasteiger charge is -2.26. The summed E-state index contributed by atoms with van der Waals surface area (Å²) >= 11 is 0. The van der Waals surface area contributed by atoms with Crippen molar-refractivity contribution in [2.75, 3.05) is 0 Å². The number of rotatable bonds is 9. The maximum atomic E-state index is 11.0. The lowest BCUT2D eigenvalue weighted by molar-refractivity contribution is -0.134. The highest BCUT2D eigenvalue weighted by Crippen LogP contribution is 2.35. The molecule has 0 saturated heterocycles. The molecule has 0 bridgehead atoms. The number of aliphatic hydroxyl groups is 1. The Bertz CT molecular complexity index is 845. The van der Waals surface area contributed by atoms with E-state index >= 15 is 0 Å². The molecule has 5 atom stereocenters. The van der Waals surface area contributed by atoms with E-state index in [4.69, 9.17) is 14.2 Å². The first-order valence-electron chi connectivity index (χ1n) is 10.9. The first-order chi connectivity index (χ1) is 15.2. The van der Waals surface area contributed by atoms with Crippen LogP contribution in [0.1, 0.15) is 23.6 Å². The maximum absolute atomic E-state index is 11.0. The molecule has 162 valence electrons. The van der Waals surface area contributed by atoms with Gasteiger partial charge in [-0.05, 0) is 16.7 Å². The second-order valence-corrected chi connectivity index (χ2v) is 8.13. The first kappa shape index (κ1) is 21.7. The van der Waals surface area contributed by atoms with E-state index in [1.165, 1.54) is 0 Å². The Morgan fingerprint density at radius 3 is 1.32 bits per heavy atom. The van der Waals surface area contributed by atoms with Crippen molar-refractivity contribution < 1.29 is 19.3 Å². The highest BCUT2D eigenvalue weighted by molar-refractivity contribution is 5.16. The lowest BCUT2D eigenvalue weighted by atomic mass is 10.1. The molecule has 3 aromatic carbocycles. The van der Waals surface area contributed by atoms with Gasteiger partial charge in [-0.25, -0.2) is 0 Å². The average molecular weight is 419 g/mol. The quantitative estimate of drug-likeness (QED) is 0.545. The first-order valence-corrected chi connectivity index (χ1v) is 10.9. The van der Waals surface area contributed by atoms with Crippen molar-refractivity contribution in [2.24, 2.45) is 5.92 Å². The molecule has 0 amide bonds. The van der Waals surface area contributed by atoms with Gasteiger partial charge in [0.15, 0.2) is 0 Å². The largest absolute Gasteiger partial charge is 0.390 e. The highest BCUT2D eigenvalue weighted by Gasteiger charge is 2.50. The van der Waals surface area contributed by atoms with Gasteiger partial charge in [0.05, 0.1) is 32.0 Å². The Kier molecular flexibility index (Phi) is 7.49. The molecule has 1 aliphatic rings.